The first-order valence-corrected chi connectivity index (χ1v) is 9.18. The van der Waals surface area contributed by atoms with Crippen LogP contribution >= 0.6 is 0 Å². The lowest BCUT2D eigenvalue weighted by Gasteiger charge is -2.28. The Morgan fingerprint density at radius 3 is 2.23 bits per heavy atom. The Bertz CT molecular complexity index is 592. The van der Waals surface area contributed by atoms with Crippen molar-refractivity contribution in [1.29, 1.82) is 0 Å². The third-order valence-corrected chi connectivity index (χ3v) is 4.56. The zero-order valence-corrected chi connectivity index (χ0v) is 14.8. The maximum absolute atomic E-state index is 12.0. The average Bonchev–Trinajstić information content (AvgIpc) is 2.36. The number of rotatable bonds is 6. The van der Waals surface area contributed by atoms with Crippen molar-refractivity contribution in [1.82, 2.24) is 9.62 Å². The van der Waals surface area contributed by atoms with Crippen LogP contribution in [0.1, 0.15) is 45.7 Å². The number of benzene rings is 1. The first-order chi connectivity index (χ1) is 10.0. The van der Waals surface area contributed by atoms with Gasteiger partial charge in [0.1, 0.15) is 0 Å². The first kappa shape index (κ1) is 18.6. The molecule has 0 fully saturated rings. The fraction of sp³-hybridized carbons (Fsp3) is 0.562. The van der Waals surface area contributed by atoms with Gasteiger partial charge < -0.3 is 5.32 Å². The molecule has 0 aliphatic rings. The molecular weight excluding hydrogens is 300 g/mol. The van der Waals surface area contributed by atoms with Gasteiger partial charge in [-0.25, -0.2) is 8.42 Å². The van der Waals surface area contributed by atoms with E-state index in [9.17, 15) is 13.2 Å². The van der Waals surface area contributed by atoms with E-state index in [0.717, 1.165) is 5.56 Å². The van der Waals surface area contributed by atoms with Crippen molar-refractivity contribution in [3.63, 3.8) is 0 Å². The zero-order valence-electron chi connectivity index (χ0n) is 14.0. The third kappa shape index (κ3) is 6.15. The third-order valence-electron chi connectivity index (χ3n) is 3.21. The largest absolute Gasteiger partial charge is 0.351 e. The van der Waals surface area contributed by atoms with Gasteiger partial charge in [-0.1, -0.05) is 30.3 Å². The molecule has 1 N–H and O–H groups in total. The second-order valence-corrected chi connectivity index (χ2v) is 8.44. The molecule has 0 bridgehead atoms. The summed E-state index contributed by atoms with van der Waals surface area (Å²) < 4.78 is 25.4. The van der Waals surface area contributed by atoms with E-state index in [2.05, 4.69) is 5.32 Å². The average molecular weight is 326 g/mol. The molecule has 0 radical (unpaired) electrons. The van der Waals surface area contributed by atoms with E-state index in [1.165, 1.54) is 10.6 Å². The number of hydrogen-bond acceptors (Lipinski definition) is 3. The monoisotopic (exact) mass is 326 g/mol. The number of hydrogen-bond donors (Lipinski definition) is 1. The lowest BCUT2D eigenvalue weighted by molar-refractivity contribution is -0.122. The summed E-state index contributed by atoms with van der Waals surface area (Å²) in [5.41, 5.74) is 0.585. The SMILES string of the molecule is CC(c1ccccc1)N(CCC(=O)NC(C)(C)C)S(C)(=O)=O. The van der Waals surface area contributed by atoms with Gasteiger partial charge in [0.15, 0.2) is 0 Å². The molecule has 1 unspecified atom stereocenters. The Labute approximate surface area is 133 Å². The molecule has 5 nitrogen and oxygen atoms in total. The molecule has 0 spiro atoms. The molecular formula is C16H26N2O3S. The van der Waals surface area contributed by atoms with Crippen LogP contribution in [0.25, 0.3) is 0 Å². The fourth-order valence-corrected chi connectivity index (χ4v) is 3.36. The summed E-state index contributed by atoms with van der Waals surface area (Å²) in [6.07, 6.45) is 1.32. The summed E-state index contributed by atoms with van der Waals surface area (Å²) in [4.78, 5) is 11.9. The van der Waals surface area contributed by atoms with E-state index in [1.54, 1.807) is 0 Å². The van der Waals surface area contributed by atoms with Gasteiger partial charge in [-0.05, 0) is 33.3 Å². The van der Waals surface area contributed by atoms with Crippen LogP contribution < -0.4 is 5.32 Å². The maximum atomic E-state index is 12.0. The van der Waals surface area contributed by atoms with Gasteiger partial charge in [-0.2, -0.15) is 4.31 Å². The predicted molar refractivity (Wildman–Crippen MR) is 88.9 cm³/mol. The van der Waals surface area contributed by atoms with Crippen LogP contribution in [0.4, 0.5) is 0 Å². The molecule has 1 aromatic rings. The molecule has 1 rings (SSSR count). The first-order valence-electron chi connectivity index (χ1n) is 7.33. The Hall–Kier alpha value is -1.40. The lowest BCUT2D eigenvalue weighted by atomic mass is 10.1. The molecule has 1 amide bonds. The quantitative estimate of drug-likeness (QED) is 0.872. The number of sulfonamides is 1. The number of carbonyl (C=O) groups is 1. The Morgan fingerprint density at radius 1 is 1.23 bits per heavy atom. The minimum Gasteiger partial charge on any atom is -0.351 e. The van der Waals surface area contributed by atoms with Gasteiger partial charge in [0.2, 0.25) is 15.9 Å². The topological polar surface area (TPSA) is 66.5 Å². The molecule has 0 aromatic heterocycles. The van der Waals surface area contributed by atoms with Gasteiger partial charge >= 0.3 is 0 Å². The van der Waals surface area contributed by atoms with Crippen LogP contribution in [0.15, 0.2) is 30.3 Å². The Balaban J connectivity index is 2.81. The molecule has 1 aromatic carbocycles. The molecule has 0 saturated carbocycles. The highest BCUT2D eigenvalue weighted by Gasteiger charge is 2.25. The summed E-state index contributed by atoms with van der Waals surface area (Å²) >= 11 is 0. The van der Waals surface area contributed by atoms with Crippen molar-refractivity contribution >= 4 is 15.9 Å². The van der Waals surface area contributed by atoms with Crippen LogP contribution in [0.5, 0.6) is 0 Å². The van der Waals surface area contributed by atoms with Gasteiger partial charge in [-0.15, -0.1) is 0 Å². The molecule has 0 aliphatic carbocycles. The van der Waals surface area contributed by atoms with E-state index < -0.39 is 10.0 Å². The van der Waals surface area contributed by atoms with Gasteiger partial charge in [0.05, 0.1) is 6.26 Å². The van der Waals surface area contributed by atoms with E-state index >= 15 is 0 Å². The van der Waals surface area contributed by atoms with Crippen LogP contribution in [-0.2, 0) is 14.8 Å². The lowest BCUT2D eigenvalue weighted by Crippen LogP contribution is -2.43. The number of nitrogens with one attached hydrogen (secondary N) is 1. The minimum absolute atomic E-state index is 0.140. The molecule has 1 atom stereocenters. The number of nitrogens with zero attached hydrogens (tertiary/aromatic N) is 1. The Kier molecular flexibility index (Phi) is 6.14. The van der Waals surface area contributed by atoms with Gasteiger partial charge in [0.25, 0.3) is 0 Å². The molecule has 0 heterocycles. The second kappa shape index (κ2) is 7.24. The van der Waals surface area contributed by atoms with Crippen LogP contribution in [0, 0.1) is 0 Å². The standard InChI is InChI=1S/C16H26N2O3S/c1-13(14-9-7-6-8-10-14)18(22(5,20)21)12-11-15(19)17-16(2,3)4/h6-10,13H,11-12H2,1-5H3,(H,17,19). The van der Waals surface area contributed by atoms with Gasteiger partial charge in [0, 0.05) is 24.5 Å². The van der Waals surface area contributed by atoms with Crippen molar-refractivity contribution in [3.05, 3.63) is 35.9 Å². The number of amides is 1. The zero-order chi connectivity index (χ0) is 17.0. The number of carbonyl (C=O) groups excluding carboxylic acids is 1. The van der Waals surface area contributed by atoms with Crippen molar-refractivity contribution in [3.8, 4) is 0 Å². The highest BCUT2D eigenvalue weighted by molar-refractivity contribution is 7.88. The van der Waals surface area contributed by atoms with Crippen molar-refractivity contribution < 1.29 is 13.2 Å². The van der Waals surface area contributed by atoms with Crippen molar-refractivity contribution in [2.24, 2.45) is 0 Å². The maximum Gasteiger partial charge on any atom is 0.221 e. The molecule has 6 heteroatoms. The summed E-state index contributed by atoms with van der Waals surface area (Å²) in [5, 5.41) is 2.84. The van der Waals surface area contributed by atoms with Crippen molar-refractivity contribution in [2.75, 3.05) is 12.8 Å². The molecule has 124 valence electrons. The van der Waals surface area contributed by atoms with Gasteiger partial charge in [-0.3, -0.25) is 4.79 Å². The normalized spacial score (nSPS) is 13.9. The highest BCUT2D eigenvalue weighted by atomic mass is 32.2. The van der Waals surface area contributed by atoms with Crippen LogP contribution in [0.2, 0.25) is 0 Å². The van der Waals surface area contributed by atoms with E-state index in [-0.39, 0.29) is 30.5 Å². The van der Waals surface area contributed by atoms with Crippen molar-refractivity contribution in [2.45, 2.75) is 45.7 Å². The Morgan fingerprint density at radius 2 is 1.77 bits per heavy atom. The molecule has 22 heavy (non-hydrogen) atoms. The van der Waals surface area contributed by atoms with Crippen LogP contribution in [0.3, 0.4) is 0 Å². The van der Waals surface area contributed by atoms with E-state index in [0.29, 0.717) is 0 Å². The minimum atomic E-state index is -3.40. The summed E-state index contributed by atoms with van der Waals surface area (Å²) in [6, 6.07) is 9.10. The fourth-order valence-electron chi connectivity index (χ4n) is 2.24. The predicted octanol–water partition coefficient (Wildman–Crippen LogP) is 2.31. The smallest absolute Gasteiger partial charge is 0.221 e. The second-order valence-electron chi connectivity index (χ2n) is 6.51. The van der Waals surface area contributed by atoms with E-state index in [1.807, 2.05) is 58.0 Å². The summed E-state index contributed by atoms with van der Waals surface area (Å²) in [7, 11) is -3.40. The van der Waals surface area contributed by atoms with E-state index in [4.69, 9.17) is 0 Å². The highest BCUT2D eigenvalue weighted by Crippen LogP contribution is 2.22. The molecule has 0 aliphatic heterocycles. The van der Waals surface area contributed by atoms with Crippen LogP contribution in [-0.4, -0.2) is 37.0 Å². The summed E-state index contributed by atoms with van der Waals surface area (Å²) in [6.45, 7) is 7.68. The molecule has 0 saturated heterocycles. The summed E-state index contributed by atoms with van der Waals surface area (Å²) in [5.74, 6) is -0.151.